The maximum absolute atomic E-state index is 11.2. The van der Waals surface area contributed by atoms with Gasteiger partial charge in [-0.05, 0) is 17.7 Å². The van der Waals surface area contributed by atoms with Gasteiger partial charge in [-0.2, -0.15) is 0 Å². The molecule has 0 aliphatic heterocycles. The first-order valence-electron chi connectivity index (χ1n) is 4.62. The number of hydrogen-bond donors (Lipinski definition) is 0. The van der Waals surface area contributed by atoms with Crippen LogP contribution in [0, 0.1) is 0 Å². The van der Waals surface area contributed by atoms with Crippen LogP contribution in [0.1, 0.15) is 9.67 Å². The average molecular weight is 291 g/mol. The SMILES string of the molecule is COc1cc(OC)c2c(Cl)c(C(=O)Cl)sc2c1. The molecule has 0 atom stereocenters. The van der Waals surface area contributed by atoms with Gasteiger partial charge in [-0.3, -0.25) is 4.79 Å². The standard InChI is InChI=1S/C11H8Cl2O3S/c1-15-5-3-6(16-2)8-7(4-5)17-10(9(8)12)11(13)14/h3-4H,1-2H3. The number of ether oxygens (including phenoxy) is 2. The van der Waals surface area contributed by atoms with Crippen molar-refractivity contribution >= 4 is 49.9 Å². The molecule has 0 saturated heterocycles. The van der Waals surface area contributed by atoms with Gasteiger partial charge in [0.2, 0.25) is 0 Å². The van der Waals surface area contributed by atoms with Crippen LogP contribution in [0.4, 0.5) is 0 Å². The summed E-state index contributed by atoms with van der Waals surface area (Å²) in [6.45, 7) is 0. The van der Waals surface area contributed by atoms with Gasteiger partial charge in [-0.25, -0.2) is 0 Å². The first-order valence-corrected chi connectivity index (χ1v) is 6.19. The molecule has 17 heavy (non-hydrogen) atoms. The Kier molecular flexibility index (Phi) is 3.47. The molecule has 3 nitrogen and oxygen atoms in total. The molecule has 0 aliphatic carbocycles. The van der Waals surface area contributed by atoms with Crippen molar-refractivity contribution in [1.29, 1.82) is 0 Å². The number of fused-ring (bicyclic) bond motifs is 1. The molecule has 2 rings (SSSR count). The molecular weight excluding hydrogens is 283 g/mol. The molecule has 1 aromatic heterocycles. The second-order valence-corrected chi connectivity index (χ2v) is 5.00. The van der Waals surface area contributed by atoms with Crippen molar-refractivity contribution in [1.82, 2.24) is 0 Å². The second-order valence-electron chi connectivity index (χ2n) is 3.22. The van der Waals surface area contributed by atoms with E-state index in [0.717, 1.165) is 4.70 Å². The summed E-state index contributed by atoms with van der Waals surface area (Å²) < 4.78 is 11.2. The van der Waals surface area contributed by atoms with Crippen molar-refractivity contribution in [2.24, 2.45) is 0 Å². The summed E-state index contributed by atoms with van der Waals surface area (Å²) in [6, 6.07) is 3.50. The van der Waals surface area contributed by atoms with Crippen molar-refractivity contribution < 1.29 is 14.3 Å². The number of hydrogen-bond acceptors (Lipinski definition) is 4. The smallest absolute Gasteiger partial charge is 0.263 e. The predicted octanol–water partition coefficient (Wildman–Crippen LogP) is 3.95. The van der Waals surface area contributed by atoms with Crippen molar-refractivity contribution in [2.45, 2.75) is 0 Å². The molecule has 0 saturated carbocycles. The first kappa shape index (κ1) is 12.5. The number of carbonyl (C=O) groups excluding carboxylic acids is 1. The number of halogens is 2. The zero-order chi connectivity index (χ0) is 12.6. The van der Waals surface area contributed by atoms with Crippen LogP contribution >= 0.6 is 34.5 Å². The fourth-order valence-electron chi connectivity index (χ4n) is 1.54. The Morgan fingerprint density at radius 1 is 1.29 bits per heavy atom. The highest BCUT2D eigenvalue weighted by Gasteiger charge is 2.19. The summed E-state index contributed by atoms with van der Waals surface area (Å²) >= 11 is 12.8. The van der Waals surface area contributed by atoms with E-state index in [4.69, 9.17) is 32.7 Å². The summed E-state index contributed by atoms with van der Waals surface area (Å²) in [6.07, 6.45) is 0. The summed E-state index contributed by atoms with van der Waals surface area (Å²) in [7, 11) is 3.09. The maximum Gasteiger partial charge on any atom is 0.263 e. The molecule has 90 valence electrons. The highest BCUT2D eigenvalue weighted by Crippen LogP contribution is 2.43. The molecule has 2 aromatic rings. The van der Waals surface area contributed by atoms with Crippen LogP contribution in [0.3, 0.4) is 0 Å². The summed E-state index contributed by atoms with van der Waals surface area (Å²) in [5.74, 6) is 1.20. The highest BCUT2D eigenvalue weighted by atomic mass is 35.5. The van der Waals surface area contributed by atoms with Crippen molar-refractivity contribution in [2.75, 3.05) is 14.2 Å². The van der Waals surface area contributed by atoms with Gasteiger partial charge in [0.05, 0.1) is 24.6 Å². The predicted molar refractivity (Wildman–Crippen MR) is 70.1 cm³/mol. The molecule has 6 heteroatoms. The number of rotatable bonds is 3. The lowest BCUT2D eigenvalue weighted by atomic mass is 10.2. The third-order valence-electron chi connectivity index (χ3n) is 2.30. The lowest BCUT2D eigenvalue weighted by molar-refractivity contribution is 0.108. The van der Waals surface area contributed by atoms with Gasteiger partial charge in [0.25, 0.3) is 5.24 Å². The van der Waals surface area contributed by atoms with E-state index >= 15 is 0 Å². The fourth-order valence-corrected chi connectivity index (χ4v) is 3.22. The van der Waals surface area contributed by atoms with E-state index in [-0.39, 0.29) is 0 Å². The van der Waals surface area contributed by atoms with Crippen LogP contribution in [-0.4, -0.2) is 19.5 Å². The molecule has 0 aliphatic rings. The van der Waals surface area contributed by atoms with Gasteiger partial charge >= 0.3 is 0 Å². The molecule has 1 aromatic carbocycles. The monoisotopic (exact) mass is 290 g/mol. The third-order valence-corrected chi connectivity index (χ3v) is 4.23. The minimum atomic E-state index is -0.572. The van der Waals surface area contributed by atoms with Gasteiger partial charge in [-0.1, -0.05) is 11.6 Å². The zero-order valence-electron chi connectivity index (χ0n) is 9.04. The molecule has 0 spiro atoms. The first-order chi connectivity index (χ1) is 8.08. The van der Waals surface area contributed by atoms with Crippen molar-refractivity contribution in [3.63, 3.8) is 0 Å². The second kappa shape index (κ2) is 4.72. The Balaban J connectivity index is 2.81. The van der Waals surface area contributed by atoms with Crippen LogP contribution < -0.4 is 9.47 Å². The topological polar surface area (TPSA) is 35.5 Å². The number of benzene rings is 1. The Morgan fingerprint density at radius 3 is 2.53 bits per heavy atom. The van der Waals surface area contributed by atoms with Gasteiger partial charge < -0.3 is 9.47 Å². The van der Waals surface area contributed by atoms with Gasteiger partial charge in [0, 0.05) is 10.8 Å². The Hall–Kier alpha value is -0.970. The van der Waals surface area contributed by atoms with Gasteiger partial charge in [0.15, 0.2) is 0 Å². The van der Waals surface area contributed by atoms with Crippen molar-refractivity contribution in [3.05, 3.63) is 22.0 Å². The molecule has 0 unspecified atom stereocenters. The highest BCUT2D eigenvalue weighted by molar-refractivity contribution is 7.23. The normalized spacial score (nSPS) is 10.6. The summed E-state index contributed by atoms with van der Waals surface area (Å²) in [5.41, 5.74) is 0. The van der Waals surface area contributed by atoms with E-state index < -0.39 is 5.24 Å². The average Bonchev–Trinajstić information content (AvgIpc) is 2.65. The van der Waals surface area contributed by atoms with Crippen LogP contribution in [0.5, 0.6) is 11.5 Å². The van der Waals surface area contributed by atoms with E-state index in [1.54, 1.807) is 19.2 Å². The zero-order valence-corrected chi connectivity index (χ0v) is 11.4. The molecule has 0 amide bonds. The lowest BCUT2D eigenvalue weighted by Crippen LogP contribution is -1.87. The molecule has 0 N–H and O–H groups in total. The van der Waals surface area contributed by atoms with E-state index in [1.807, 2.05) is 0 Å². The summed E-state index contributed by atoms with van der Waals surface area (Å²) in [4.78, 5) is 11.5. The Labute approximate surface area is 112 Å². The van der Waals surface area contributed by atoms with E-state index in [0.29, 0.717) is 26.8 Å². The quantitative estimate of drug-likeness (QED) is 0.803. The van der Waals surface area contributed by atoms with Crippen LogP contribution in [0.2, 0.25) is 5.02 Å². The number of thiophene rings is 1. The molecule has 1 heterocycles. The minimum Gasteiger partial charge on any atom is -0.497 e. The van der Waals surface area contributed by atoms with E-state index in [9.17, 15) is 4.79 Å². The molecule has 0 fully saturated rings. The Morgan fingerprint density at radius 2 is 2.00 bits per heavy atom. The van der Waals surface area contributed by atoms with E-state index in [2.05, 4.69) is 0 Å². The molecule has 0 radical (unpaired) electrons. The number of carbonyl (C=O) groups is 1. The van der Waals surface area contributed by atoms with E-state index in [1.165, 1.54) is 18.4 Å². The lowest BCUT2D eigenvalue weighted by Gasteiger charge is -2.05. The molecular formula is C11H8Cl2O3S. The Bertz CT molecular complexity index is 592. The third kappa shape index (κ3) is 2.08. The largest absolute Gasteiger partial charge is 0.497 e. The van der Waals surface area contributed by atoms with Crippen molar-refractivity contribution in [3.8, 4) is 11.5 Å². The number of methoxy groups -OCH3 is 2. The van der Waals surface area contributed by atoms with Gasteiger partial charge in [-0.15, -0.1) is 11.3 Å². The summed E-state index contributed by atoms with van der Waals surface area (Å²) in [5, 5.41) is 0.436. The minimum absolute atomic E-state index is 0.315. The van der Waals surface area contributed by atoms with Crippen LogP contribution in [-0.2, 0) is 0 Å². The van der Waals surface area contributed by atoms with Gasteiger partial charge in [0.1, 0.15) is 16.4 Å². The van der Waals surface area contributed by atoms with Crippen LogP contribution in [0.15, 0.2) is 12.1 Å². The van der Waals surface area contributed by atoms with Crippen LogP contribution in [0.25, 0.3) is 10.1 Å². The molecule has 0 bridgehead atoms. The maximum atomic E-state index is 11.2. The fraction of sp³-hybridized carbons (Fsp3) is 0.182.